The van der Waals surface area contributed by atoms with Gasteiger partial charge in [-0.25, -0.2) is 9.07 Å². The second-order valence-electron chi connectivity index (χ2n) is 7.23. The SMILES string of the molecule is C=CCN1CCN(C(c2ccccc2F)c2nnnn2Cc2ccccc2)CC1. The van der Waals surface area contributed by atoms with E-state index in [0.29, 0.717) is 17.9 Å². The van der Waals surface area contributed by atoms with E-state index in [-0.39, 0.29) is 11.9 Å². The van der Waals surface area contributed by atoms with Crippen LogP contribution in [0.3, 0.4) is 0 Å². The van der Waals surface area contributed by atoms with Gasteiger partial charge in [0.25, 0.3) is 0 Å². The first-order chi connectivity index (χ1) is 14.3. The van der Waals surface area contributed by atoms with Gasteiger partial charge in [0.1, 0.15) is 11.9 Å². The highest BCUT2D eigenvalue weighted by atomic mass is 19.1. The maximum atomic E-state index is 14.8. The van der Waals surface area contributed by atoms with Gasteiger partial charge in [0.05, 0.1) is 6.54 Å². The van der Waals surface area contributed by atoms with E-state index < -0.39 is 0 Å². The monoisotopic (exact) mass is 392 g/mol. The zero-order valence-electron chi connectivity index (χ0n) is 16.4. The van der Waals surface area contributed by atoms with Crippen LogP contribution in [0.4, 0.5) is 4.39 Å². The number of aromatic nitrogens is 4. The Hall–Kier alpha value is -2.90. The van der Waals surface area contributed by atoms with E-state index in [9.17, 15) is 4.39 Å². The van der Waals surface area contributed by atoms with Crippen LogP contribution >= 0.6 is 0 Å². The normalized spacial score (nSPS) is 16.6. The minimum Gasteiger partial charge on any atom is -0.297 e. The van der Waals surface area contributed by atoms with Gasteiger partial charge < -0.3 is 0 Å². The predicted molar refractivity (Wildman–Crippen MR) is 110 cm³/mol. The van der Waals surface area contributed by atoms with Gasteiger partial charge in [0.2, 0.25) is 0 Å². The van der Waals surface area contributed by atoms with E-state index in [1.54, 1.807) is 10.7 Å². The van der Waals surface area contributed by atoms with Crippen molar-refractivity contribution in [1.29, 1.82) is 0 Å². The summed E-state index contributed by atoms with van der Waals surface area (Å²) in [5, 5.41) is 12.5. The Morgan fingerprint density at radius 3 is 2.45 bits per heavy atom. The molecular weight excluding hydrogens is 367 g/mol. The number of hydrogen-bond acceptors (Lipinski definition) is 5. The van der Waals surface area contributed by atoms with Crippen LogP contribution in [0.1, 0.15) is 23.0 Å². The van der Waals surface area contributed by atoms with Gasteiger partial charge in [-0.2, -0.15) is 0 Å². The van der Waals surface area contributed by atoms with Gasteiger partial charge in [0.15, 0.2) is 5.82 Å². The maximum Gasteiger partial charge on any atom is 0.173 e. The van der Waals surface area contributed by atoms with Crippen LogP contribution in [0.2, 0.25) is 0 Å². The molecule has 0 bridgehead atoms. The summed E-state index contributed by atoms with van der Waals surface area (Å²) in [6.45, 7) is 8.66. The molecule has 0 radical (unpaired) electrons. The standard InChI is InChI=1S/C22H25FN6/c1-2-12-27-13-15-28(16-14-27)21(19-10-6-7-11-20(19)23)22-24-25-26-29(22)17-18-8-4-3-5-9-18/h2-11,21H,1,12-17H2. The lowest BCUT2D eigenvalue weighted by Gasteiger charge is -2.38. The summed E-state index contributed by atoms with van der Waals surface area (Å²) in [5.74, 6) is 0.427. The first-order valence-electron chi connectivity index (χ1n) is 9.88. The van der Waals surface area contributed by atoms with Gasteiger partial charge in [-0.3, -0.25) is 9.80 Å². The Morgan fingerprint density at radius 1 is 1.00 bits per heavy atom. The van der Waals surface area contributed by atoms with Crippen LogP contribution in [-0.2, 0) is 6.54 Å². The Labute approximate surface area is 170 Å². The molecule has 1 aliphatic heterocycles. The molecule has 4 rings (SSSR count). The van der Waals surface area contributed by atoms with Crippen LogP contribution in [0.25, 0.3) is 0 Å². The summed E-state index contributed by atoms with van der Waals surface area (Å²) in [5.41, 5.74) is 1.71. The van der Waals surface area contributed by atoms with Crippen molar-refractivity contribution in [2.75, 3.05) is 32.7 Å². The molecule has 1 aromatic heterocycles. The van der Waals surface area contributed by atoms with Gasteiger partial charge in [-0.1, -0.05) is 54.6 Å². The van der Waals surface area contributed by atoms with Crippen molar-refractivity contribution < 1.29 is 4.39 Å². The second-order valence-corrected chi connectivity index (χ2v) is 7.23. The molecule has 0 N–H and O–H groups in total. The fraction of sp³-hybridized carbons (Fsp3) is 0.318. The summed E-state index contributed by atoms with van der Waals surface area (Å²) in [6, 6.07) is 16.6. The van der Waals surface area contributed by atoms with E-state index in [0.717, 1.165) is 38.3 Å². The minimum absolute atomic E-state index is 0.236. The lowest BCUT2D eigenvalue weighted by molar-refractivity contribution is 0.111. The first-order valence-corrected chi connectivity index (χ1v) is 9.88. The summed E-state index contributed by atoms with van der Waals surface area (Å²) in [4.78, 5) is 4.61. The van der Waals surface area contributed by atoms with Crippen LogP contribution in [0, 0.1) is 5.82 Å². The Bertz CT molecular complexity index is 933. The van der Waals surface area contributed by atoms with E-state index in [2.05, 4.69) is 31.9 Å². The highest BCUT2D eigenvalue weighted by molar-refractivity contribution is 5.27. The van der Waals surface area contributed by atoms with Crippen LogP contribution < -0.4 is 0 Å². The summed E-state index contributed by atoms with van der Waals surface area (Å²) < 4.78 is 16.6. The Balaban J connectivity index is 1.66. The van der Waals surface area contributed by atoms with Gasteiger partial charge in [-0.05, 0) is 22.1 Å². The number of nitrogens with zero attached hydrogens (tertiary/aromatic N) is 6. The van der Waals surface area contributed by atoms with Gasteiger partial charge in [-0.15, -0.1) is 11.7 Å². The second kappa shape index (κ2) is 9.07. The molecule has 29 heavy (non-hydrogen) atoms. The van der Waals surface area contributed by atoms with Crippen molar-refractivity contribution in [2.24, 2.45) is 0 Å². The first kappa shape index (κ1) is 19.4. The van der Waals surface area contributed by atoms with Gasteiger partial charge in [0, 0.05) is 38.3 Å². The lowest BCUT2D eigenvalue weighted by Crippen LogP contribution is -2.48. The van der Waals surface area contributed by atoms with Crippen molar-refractivity contribution >= 4 is 0 Å². The lowest BCUT2D eigenvalue weighted by atomic mass is 10.0. The van der Waals surface area contributed by atoms with Crippen molar-refractivity contribution in [1.82, 2.24) is 30.0 Å². The third-order valence-corrected chi connectivity index (χ3v) is 5.34. The summed E-state index contributed by atoms with van der Waals surface area (Å²) >= 11 is 0. The molecule has 0 amide bonds. The highest BCUT2D eigenvalue weighted by Crippen LogP contribution is 2.30. The molecule has 6 nitrogen and oxygen atoms in total. The zero-order chi connectivity index (χ0) is 20.1. The molecule has 0 saturated carbocycles. The smallest absolute Gasteiger partial charge is 0.173 e. The molecule has 7 heteroatoms. The number of rotatable bonds is 7. The topological polar surface area (TPSA) is 50.1 Å². The number of piperazine rings is 1. The molecule has 1 unspecified atom stereocenters. The Kier molecular flexibility index (Phi) is 6.07. The molecule has 1 aliphatic rings. The van der Waals surface area contributed by atoms with E-state index in [1.165, 1.54) is 6.07 Å². The zero-order valence-corrected chi connectivity index (χ0v) is 16.4. The highest BCUT2D eigenvalue weighted by Gasteiger charge is 2.32. The average molecular weight is 392 g/mol. The van der Waals surface area contributed by atoms with Crippen molar-refractivity contribution in [3.05, 3.63) is 90.0 Å². The number of tetrazole rings is 1. The largest absolute Gasteiger partial charge is 0.297 e. The van der Waals surface area contributed by atoms with Crippen LogP contribution in [-0.4, -0.2) is 62.7 Å². The van der Waals surface area contributed by atoms with Crippen molar-refractivity contribution in [3.63, 3.8) is 0 Å². The molecule has 1 saturated heterocycles. The van der Waals surface area contributed by atoms with Crippen molar-refractivity contribution in [3.8, 4) is 0 Å². The average Bonchev–Trinajstić information content (AvgIpc) is 3.19. The van der Waals surface area contributed by atoms with E-state index >= 15 is 0 Å². The molecule has 150 valence electrons. The van der Waals surface area contributed by atoms with Gasteiger partial charge >= 0.3 is 0 Å². The molecule has 0 spiro atoms. The van der Waals surface area contributed by atoms with Crippen LogP contribution in [0.5, 0.6) is 0 Å². The number of benzene rings is 2. The molecule has 3 aromatic rings. The van der Waals surface area contributed by atoms with E-state index in [4.69, 9.17) is 0 Å². The summed E-state index contributed by atoms with van der Waals surface area (Å²) in [6.07, 6.45) is 1.92. The third-order valence-electron chi connectivity index (χ3n) is 5.34. The quantitative estimate of drug-likeness (QED) is 0.579. The molecule has 1 fully saturated rings. The Morgan fingerprint density at radius 2 is 1.72 bits per heavy atom. The molecule has 2 aromatic carbocycles. The fourth-order valence-corrected chi connectivity index (χ4v) is 3.86. The van der Waals surface area contributed by atoms with E-state index in [1.807, 2.05) is 48.5 Å². The molecule has 1 atom stereocenters. The summed E-state index contributed by atoms with van der Waals surface area (Å²) in [7, 11) is 0. The van der Waals surface area contributed by atoms with Crippen LogP contribution in [0.15, 0.2) is 67.3 Å². The maximum absolute atomic E-state index is 14.8. The third kappa shape index (κ3) is 4.41. The molecular formula is C22H25FN6. The molecule has 0 aliphatic carbocycles. The fourth-order valence-electron chi connectivity index (χ4n) is 3.86. The number of hydrogen-bond donors (Lipinski definition) is 0. The molecule has 2 heterocycles. The predicted octanol–water partition coefficient (Wildman–Crippen LogP) is 2.75. The van der Waals surface area contributed by atoms with Crippen molar-refractivity contribution in [2.45, 2.75) is 12.6 Å². The minimum atomic E-state index is -0.333. The number of halogens is 1.